The molecule has 0 bridgehead atoms. The van der Waals surface area contributed by atoms with Crippen molar-refractivity contribution < 1.29 is 28.2 Å². The van der Waals surface area contributed by atoms with Crippen molar-refractivity contribution >= 4 is 21.8 Å². The number of hydrogen-bond donors (Lipinski definition) is 3. The van der Waals surface area contributed by atoms with Gasteiger partial charge in [-0.15, -0.1) is 0 Å². The van der Waals surface area contributed by atoms with Crippen molar-refractivity contribution in [2.45, 2.75) is 18.7 Å². The molecule has 0 spiro atoms. The zero-order valence-corrected chi connectivity index (χ0v) is 12.0. The Hall–Kier alpha value is -1.12. The first-order valence-electron chi connectivity index (χ1n) is 5.55. The molecule has 1 atom stereocenters. The molecular weight excluding hydrogens is 343 g/mol. The van der Waals surface area contributed by atoms with Crippen LogP contribution in [-0.2, 0) is 6.18 Å². The van der Waals surface area contributed by atoms with E-state index >= 15 is 0 Å². The van der Waals surface area contributed by atoms with Crippen LogP contribution < -0.4 is 5.32 Å². The number of rotatable bonds is 4. The van der Waals surface area contributed by atoms with E-state index in [4.69, 9.17) is 5.11 Å². The number of nitrogens with one attached hydrogen (secondary N) is 1. The molecule has 1 aromatic rings. The summed E-state index contributed by atoms with van der Waals surface area (Å²) in [6.45, 7) is 0.413. The Morgan fingerprint density at radius 1 is 1.40 bits per heavy atom. The van der Waals surface area contributed by atoms with Crippen LogP contribution in [0.1, 0.15) is 22.8 Å². The number of carbonyl (C=O) groups excluding carboxylic acids is 1. The van der Waals surface area contributed by atoms with E-state index in [0.717, 1.165) is 12.1 Å². The van der Waals surface area contributed by atoms with Crippen LogP contribution in [0, 0.1) is 0 Å². The summed E-state index contributed by atoms with van der Waals surface area (Å²) in [5.74, 6) is -0.781. The molecule has 1 aromatic carbocycles. The molecular formula is C12H13BrF3NO3. The van der Waals surface area contributed by atoms with Gasteiger partial charge < -0.3 is 15.5 Å². The zero-order valence-electron chi connectivity index (χ0n) is 10.5. The number of amides is 1. The topological polar surface area (TPSA) is 69.6 Å². The number of aliphatic hydroxyl groups is 2. The quantitative estimate of drug-likeness (QED) is 0.772. The summed E-state index contributed by atoms with van der Waals surface area (Å²) >= 11 is 3.00. The predicted octanol–water partition coefficient (Wildman–Crippen LogP) is 1.94. The molecule has 0 fully saturated rings. The van der Waals surface area contributed by atoms with Crippen LogP contribution in [0.4, 0.5) is 13.2 Å². The van der Waals surface area contributed by atoms with E-state index in [2.05, 4.69) is 21.2 Å². The fraction of sp³-hybridized carbons (Fsp3) is 0.417. The third-order valence-electron chi connectivity index (χ3n) is 2.51. The van der Waals surface area contributed by atoms with Crippen molar-refractivity contribution in [2.75, 3.05) is 13.2 Å². The van der Waals surface area contributed by atoms with E-state index in [1.54, 1.807) is 0 Å². The lowest BCUT2D eigenvalue weighted by Gasteiger charge is -2.21. The van der Waals surface area contributed by atoms with E-state index in [9.17, 15) is 23.1 Å². The van der Waals surface area contributed by atoms with Crippen molar-refractivity contribution in [1.29, 1.82) is 0 Å². The Bertz CT molecular complexity index is 503. The van der Waals surface area contributed by atoms with Crippen molar-refractivity contribution in [3.05, 3.63) is 33.8 Å². The molecule has 0 saturated heterocycles. The fourth-order valence-corrected chi connectivity index (χ4v) is 1.72. The molecule has 3 N–H and O–H groups in total. The van der Waals surface area contributed by atoms with Crippen LogP contribution in [0.2, 0.25) is 0 Å². The second-order valence-electron chi connectivity index (χ2n) is 4.53. The van der Waals surface area contributed by atoms with Gasteiger partial charge in [-0.2, -0.15) is 13.2 Å². The first-order valence-corrected chi connectivity index (χ1v) is 6.34. The van der Waals surface area contributed by atoms with Crippen LogP contribution in [0.5, 0.6) is 0 Å². The second kappa shape index (κ2) is 6.11. The van der Waals surface area contributed by atoms with Gasteiger partial charge >= 0.3 is 6.18 Å². The molecule has 1 unspecified atom stereocenters. The van der Waals surface area contributed by atoms with Crippen LogP contribution >= 0.6 is 15.9 Å². The minimum atomic E-state index is -4.55. The Morgan fingerprint density at radius 2 is 2.00 bits per heavy atom. The SMILES string of the molecule is CC(O)(CO)CNC(=O)c1cc(C(F)(F)F)ccc1Br. The number of carbonyl (C=O) groups is 1. The average molecular weight is 356 g/mol. The van der Waals surface area contributed by atoms with Crippen LogP contribution in [0.15, 0.2) is 22.7 Å². The van der Waals surface area contributed by atoms with Crippen LogP contribution in [-0.4, -0.2) is 34.9 Å². The highest BCUT2D eigenvalue weighted by molar-refractivity contribution is 9.10. The second-order valence-corrected chi connectivity index (χ2v) is 5.38. The molecule has 1 amide bonds. The summed E-state index contributed by atoms with van der Waals surface area (Å²) in [6, 6.07) is 2.69. The molecule has 0 aliphatic heterocycles. The minimum Gasteiger partial charge on any atom is -0.393 e. The average Bonchev–Trinajstić information content (AvgIpc) is 2.35. The molecule has 4 nitrogen and oxygen atoms in total. The van der Waals surface area contributed by atoms with E-state index in [0.29, 0.717) is 6.07 Å². The van der Waals surface area contributed by atoms with Gasteiger partial charge in [0.15, 0.2) is 0 Å². The number of hydrogen-bond acceptors (Lipinski definition) is 3. The van der Waals surface area contributed by atoms with Gasteiger partial charge in [-0.3, -0.25) is 4.79 Å². The van der Waals surface area contributed by atoms with Crippen LogP contribution in [0.25, 0.3) is 0 Å². The monoisotopic (exact) mass is 355 g/mol. The first-order chi connectivity index (χ1) is 9.07. The largest absolute Gasteiger partial charge is 0.416 e. The van der Waals surface area contributed by atoms with Gasteiger partial charge in [0.05, 0.1) is 17.7 Å². The predicted molar refractivity (Wildman–Crippen MR) is 69.2 cm³/mol. The highest BCUT2D eigenvalue weighted by Crippen LogP contribution is 2.31. The van der Waals surface area contributed by atoms with Crippen molar-refractivity contribution in [1.82, 2.24) is 5.32 Å². The molecule has 1 rings (SSSR count). The van der Waals surface area contributed by atoms with Crippen molar-refractivity contribution in [2.24, 2.45) is 0 Å². The number of aliphatic hydroxyl groups excluding tert-OH is 1. The minimum absolute atomic E-state index is 0.200. The van der Waals surface area contributed by atoms with Gasteiger partial charge in [0.1, 0.15) is 5.60 Å². The summed E-state index contributed by atoms with van der Waals surface area (Å²) in [5, 5.41) is 20.6. The Kier molecular flexibility index (Phi) is 5.17. The summed E-state index contributed by atoms with van der Waals surface area (Å²) in [7, 11) is 0. The van der Waals surface area contributed by atoms with E-state index < -0.39 is 29.9 Å². The van der Waals surface area contributed by atoms with Gasteiger partial charge in [0.25, 0.3) is 5.91 Å². The van der Waals surface area contributed by atoms with Gasteiger partial charge in [-0.05, 0) is 41.1 Å². The molecule has 20 heavy (non-hydrogen) atoms. The Balaban J connectivity index is 2.93. The number of halogens is 4. The molecule has 0 heterocycles. The third-order valence-corrected chi connectivity index (χ3v) is 3.20. The van der Waals surface area contributed by atoms with Gasteiger partial charge in [0.2, 0.25) is 0 Å². The molecule has 0 radical (unpaired) electrons. The molecule has 112 valence electrons. The third kappa shape index (κ3) is 4.46. The maximum atomic E-state index is 12.6. The van der Waals surface area contributed by atoms with Crippen molar-refractivity contribution in [3.8, 4) is 0 Å². The lowest BCUT2D eigenvalue weighted by atomic mass is 10.1. The summed E-state index contributed by atoms with van der Waals surface area (Å²) in [4.78, 5) is 11.8. The molecule has 0 aliphatic rings. The van der Waals surface area contributed by atoms with Gasteiger partial charge in [0, 0.05) is 11.0 Å². The highest BCUT2D eigenvalue weighted by atomic mass is 79.9. The van der Waals surface area contributed by atoms with Gasteiger partial charge in [-0.25, -0.2) is 0 Å². The standard InChI is InChI=1S/C12H13BrF3NO3/c1-11(20,6-18)5-17-10(19)8-4-7(12(14,15)16)2-3-9(8)13/h2-4,18,20H,5-6H2,1H3,(H,17,19). The Morgan fingerprint density at radius 3 is 2.50 bits per heavy atom. The van der Waals surface area contributed by atoms with E-state index in [1.165, 1.54) is 6.92 Å². The highest BCUT2D eigenvalue weighted by Gasteiger charge is 2.31. The molecule has 0 aliphatic carbocycles. The Labute approximate surface area is 121 Å². The van der Waals surface area contributed by atoms with Crippen molar-refractivity contribution in [3.63, 3.8) is 0 Å². The zero-order chi connectivity index (χ0) is 15.6. The van der Waals surface area contributed by atoms with E-state index in [1.807, 2.05) is 0 Å². The normalized spacial score (nSPS) is 14.8. The molecule has 0 saturated carbocycles. The first kappa shape index (κ1) is 16.9. The molecule has 0 aromatic heterocycles. The smallest absolute Gasteiger partial charge is 0.393 e. The maximum absolute atomic E-state index is 12.6. The summed E-state index contributed by atoms with van der Waals surface area (Å²) in [5.41, 5.74) is -2.68. The van der Waals surface area contributed by atoms with Gasteiger partial charge in [-0.1, -0.05) is 0 Å². The lowest BCUT2D eigenvalue weighted by Crippen LogP contribution is -2.43. The summed E-state index contributed by atoms with van der Waals surface area (Å²) < 4.78 is 37.9. The van der Waals surface area contributed by atoms with E-state index in [-0.39, 0.29) is 16.6 Å². The number of benzene rings is 1. The summed E-state index contributed by atoms with van der Waals surface area (Å²) in [6.07, 6.45) is -4.55. The lowest BCUT2D eigenvalue weighted by molar-refractivity contribution is -0.137. The molecule has 8 heteroatoms. The number of alkyl halides is 3. The maximum Gasteiger partial charge on any atom is 0.416 e. The fourth-order valence-electron chi connectivity index (χ4n) is 1.30. The van der Waals surface area contributed by atoms with Crippen LogP contribution in [0.3, 0.4) is 0 Å².